The van der Waals surface area contributed by atoms with Gasteiger partial charge in [-0.1, -0.05) is 18.2 Å². The lowest BCUT2D eigenvalue weighted by atomic mass is 10.1. The van der Waals surface area contributed by atoms with E-state index in [4.69, 9.17) is 9.47 Å². The van der Waals surface area contributed by atoms with Crippen LogP contribution < -0.4 is 14.4 Å². The van der Waals surface area contributed by atoms with Gasteiger partial charge in [0, 0.05) is 24.3 Å². The van der Waals surface area contributed by atoms with Crippen molar-refractivity contribution in [3.05, 3.63) is 53.6 Å². The smallest absolute Gasteiger partial charge is 0.161 e. The second kappa shape index (κ2) is 7.57. The average molecular weight is 341 g/mol. The maximum atomic E-state index is 11.4. The number of methoxy groups -OCH3 is 1. The van der Waals surface area contributed by atoms with E-state index in [0.717, 1.165) is 13.0 Å². The van der Waals surface area contributed by atoms with E-state index < -0.39 is 6.10 Å². The van der Waals surface area contributed by atoms with Crippen LogP contribution in [0.25, 0.3) is 0 Å². The summed E-state index contributed by atoms with van der Waals surface area (Å²) in [7, 11) is 1.53. The Kier molecular flexibility index (Phi) is 5.24. The first-order chi connectivity index (χ1) is 12.1. The molecule has 0 spiro atoms. The number of benzene rings is 2. The molecule has 1 heterocycles. The van der Waals surface area contributed by atoms with Crippen LogP contribution in [0.5, 0.6) is 11.5 Å². The standard InChI is InChI=1S/C20H23NO4/c1-14(22)16-7-8-19(20(11-16)24-2)25-13-17(23)12-21-10-9-15-5-3-4-6-18(15)21/h3-8,11,17,23H,9-10,12-13H2,1-2H3. The summed E-state index contributed by atoms with van der Waals surface area (Å²) in [5, 5.41) is 10.3. The fourth-order valence-corrected chi connectivity index (χ4v) is 3.10. The van der Waals surface area contributed by atoms with Crippen molar-refractivity contribution in [1.29, 1.82) is 0 Å². The largest absolute Gasteiger partial charge is 0.493 e. The van der Waals surface area contributed by atoms with E-state index >= 15 is 0 Å². The molecule has 0 saturated heterocycles. The summed E-state index contributed by atoms with van der Waals surface area (Å²) in [6.45, 7) is 3.10. The van der Waals surface area contributed by atoms with Crippen LogP contribution in [-0.4, -0.2) is 43.8 Å². The van der Waals surface area contributed by atoms with Crippen molar-refractivity contribution in [2.24, 2.45) is 0 Å². The van der Waals surface area contributed by atoms with Gasteiger partial charge in [0.25, 0.3) is 0 Å². The lowest BCUT2D eigenvalue weighted by Crippen LogP contribution is -2.34. The highest BCUT2D eigenvalue weighted by Crippen LogP contribution is 2.29. The highest BCUT2D eigenvalue weighted by atomic mass is 16.5. The molecule has 5 heteroatoms. The number of rotatable bonds is 7. The molecule has 0 fully saturated rings. The number of ketones is 1. The van der Waals surface area contributed by atoms with Crippen molar-refractivity contribution in [2.45, 2.75) is 19.4 Å². The Morgan fingerprint density at radius 3 is 2.80 bits per heavy atom. The lowest BCUT2D eigenvalue weighted by Gasteiger charge is -2.23. The first-order valence-corrected chi connectivity index (χ1v) is 8.41. The number of carbonyl (C=O) groups is 1. The van der Waals surface area contributed by atoms with Crippen molar-refractivity contribution in [2.75, 3.05) is 31.7 Å². The number of ether oxygens (including phenoxy) is 2. The lowest BCUT2D eigenvalue weighted by molar-refractivity contribution is 0.101. The Balaban J connectivity index is 1.59. The first-order valence-electron chi connectivity index (χ1n) is 8.41. The Bertz CT molecular complexity index is 759. The highest BCUT2D eigenvalue weighted by molar-refractivity contribution is 5.94. The van der Waals surface area contributed by atoms with Gasteiger partial charge in [-0.15, -0.1) is 0 Å². The van der Waals surface area contributed by atoms with Crippen molar-refractivity contribution in [3.8, 4) is 11.5 Å². The molecule has 0 radical (unpaired) electrons. The molecule has 1 N–H and O–H groups in total. The van der Waals surface area contributed by atoms with Crippen molar-refractivity contribution >= 4 is 11.5 Å². The van der Waals surface area contributed by atoms with Crippen LogP contribution in [0.2, 0.25) is 0 Å². The van der Waals surface area contributed by atoms with E-state index in [1.54, 1.807) is 18.2 Å². The van der Waals surface area contributed by atoms with Crippen molar-refractivity contribution in [3.63, 3.8) is 0 Å². The molecule has 0 aromatic heterocycles. The second-order valence-corrected chi connectivity index (χ2v) is 6.21. The molecule has 1 unspecified atom stereocenters. The number of hydrogen-bond acceptors (Lipinski definition) is 5. The molecular weight excluding hydrogens is 318 g/mol. The molecule has 0 saturated carbocycles. The second-order valence-electron chi connectivity index (χ2n) is 6.21. The summed E-state index contributed by atoms with van der Waals surface area (Å²) in [6, 6.07) is 13.3. The highest BCUT2D eigenvalue weighted by Gasteiger charge is 2.21. The molecule has 1 aliphatic rings. The number of anilines is 1. The van der Waals surface area contributed by atoms with Gasteiger partial charge in [0.2, 0.25) is 0 Å². The Morgan fingerprint density at radius 1 is 1.24 bits per heavy atom. The molecule has 2 aromatic carbocycles. The van der Waals surface area contributed by atoms with Crippen LogP contribution >= 0.6 is 0 Å². The number of Topliss-reactive ketones (excluding diaryl/α,β-unsaturated/α-hetero) is 1. The first kappa shape index (κ1) is 17.3. The van der Waals surface area contributed by atoms with E-state index in [1.165, 1.54) is 25.3 Å². The van der Waals surface area contributed by atoms with E-state index in [0.29, 0.717) is 23.6 Å². The van der Waals surface area contributed by atoms with Crippen molar-refractivity contribution in [1.82, 2.24) is 0 Å². The third-order valence-electron chi connectivity index (χ3n) is 4.42. The number of aliphatic hydroxyl groups is 1. The van der Waals surface area contributed by atoms with E-state index in [9.17, 15) is 9.90 Å². The van der Waals surface area contributed by atoms with Gasteiger partial charge in [-0.3, -0.25) is 4.79 Å². The van der Waals surface area contributed by atoms with Gasteiger partial charge >= 0.3 is 0 Å². The minimum atomic E-state index is -0.622. The molecule has 2 aromatic rings. The maximum Gasteiger partial charge on any atom is 0.161 e. The van der Waals surface area contributed by atoms with Crippen LogP contribution in [0.3, 0.4) is 0 Å². The summed E-state index contributed by atoms with van der Waals surface area (Å²) < 4.78 is 11.0. The number of para-hydroxylation sites is 1. The summed E-state index contributed by atoms with van der Waals surface area (Å²) in [4.78, 5) is 13.6. The molecule has 1 atom stereocenters. The van der Waals surface area contributed by atoms with Crippen LogP contribution in [0, 0.1) is 0 Å². The minimum Gasteiger partial charge on any atom is -0.493 e. The third-order valence-corrected chi connectivity index (χ3v) is 4.42. The molecule has 25 heavy (non-hydrogen) atoms. The normalized spacial score (nSPS) is 14.1. The van der Waals surface area contributed by atoms with Gasteiger partial charge < -0.3 is 19.5 Å². The van der Waals surface area contributed by atoms with Gasteiger partial charge in [0.15, 0.2) is 17.3 Å². The van der Waals surface area contributed by atoms with Crippen LogP contribution in [0.15, 0.2) is 42.5 Å². The summed E-state index contributed by atoms with van der Waals surface area (Å²) >= 11 is 0. The van der Waals surface area contributed by atoms with Crippen LogP contribution in [-0.2, 0) is 6.42 Å². The molecule has 132 valence electrons. The zero-order chi connectivity index (χ0) is 17.8. The van der Waals surface area contributed by atoms with E-state index in [-0.39, 0.29) is 12.4 Å². The van der Waals surface area contributed by atoms with Gasteiger partial charge in [-0.2, -0.15) is 0 Å². The fourth-order valence-electron chi connectivity index (χ4n) is 3.10. The van der Waals surface area contributed by atoms with E-state index in [2.05, 4.69) is 17.0 Å². The molecule has 1 aliphatic heterocycles. The SMILES string of the molecule is COc1cc(C(C)=O)ccc1OCC(O)CN1CCc2ccccc21. The van der Waals surface area contributed by atoms with Gasteiger partial charge in [-0.25, -0.2) is 0 Å². The Hall–Kier alpha value is -2.53. The van der Waals surface area contributed by atoms with Gasteiger partial charge in [0.1, 0.15) is 12.7 Å². The van der Waals surface area contributed by atoms with Crippen LogP contribution in [0.4, 0.5) is 5.69 Å². The van der Waals surface area contributed by atoms with E-state index in [1.807, 2.05) is 12.1 Å². The predicted molar refractivity (Wildman–Crippen MR) is 96.9 cm³/mol. The number of nitrogens with zero attached hydrogens (tertiary/aromatic N) is 1. The molecular formula is C20H23NO4. The molecule has 0 amide bonds. The fraction of sp³-hybridized carbons (Fsp3) is 0.350. The Morgan fingerprint density at radius 2 is 2.04 bits per heavy atom. The summed E-state index contributed by atoms with van der Waals surface area (Å²) in [6.07, 6.45) is 0.382. The van der Waals surface area contributed by atoms with Gasteiger partial charge in [0.05, 0.1) is 7.11 Å². The number of carbonyl (C=O) groups excluding carboxylic acids is 1. The van der Waals surface area contributed by atoms with Gasteiger partial charge in [-0.05, 0) is 43.2 Å². The number of aliphatic hydroxyl groups excluding tert-OH is 1. The summed E-state index contributed by atoms with van der Waals surface area (Å²) in [5.74, 6) is 0.984. The van der Waals surface area contributed by atoms with Crippen LogP contribution in [0.1, 0.15) is 22.8 Å². The average Bonchev–Trinajstić information content (AvgIpc) is 3.02. The summed E-state index contributed by atoms with van der Waals surface area (Å²) in [5.41, 5.74) is 3.07. The zero-order valence-electron chi connectivity index (χ0n) is 14.6. The number of hydrogen-bond donors (Lipinski definition) is 1. The number of β-amino-alcohol motifs (C(OH)–C–C–N with tert-alkyl or cyclic N) is 1. The molecule has 5 nitrogen and oxygen atoms in total. The molecule has 0 aliphatic carbocycles. The predicted octanol–water partition coefficient (Wildman–Crippen LogP) is 2.70. The molecule has 0 bridgehead atoms. The zero-order valence-corrected chi connectivity index (χ0v) is 14.6. The topological polar surface area (TPSA) is 59.0 Å². The molecule has 3 rings (SSSR count). The Labute approximate surface area is 147 Å². The third kappa shape index (κ3) is 3.94. The number of fused-ring (bicyclic) bond motifs is 1. The minimum absolute atomic E-state index is 0.0300. The van der Waals surface area contributed by atoms with Crippen molar-refractivity contribution < 1.29 is 19.4 Å². The maximum absolute atomic E-state index is 11.4. The monoisotopic (exact) mass is 341 g/mol. The quantitative estimate of drug-likeness (QED) is 0.785.